The first-order chi connectivity index (χ1) is 7.01. The van der Waals surface area contributed by atoms with E-state index < -0.39 is 10.0 Å². The number of nitrogens with two attached hydrogens (primary N) is 1. The fraction of sp³-hybridized carbons (Fsp3) is 1.00. The Hall–Kier alpha value is -0.170. The van der Waals surface area contributed by atoms with Crippen LogP contribution in [-0.4, -0.2) is 49.8 Å². The number of hydrogen-bond acceptors (Lipinski definition) is 4. The molecular formula is C9H18N2O3S. The van der Waals surface area contributed by atoms with Gasteiger partial charge in [0.05, 0.1) is 18.0 Å². The maximum Gasteiger partial charge on any atom is 0.217 e. The first kappa shape index (κ1) is 11.3. The van der Waals surface area contributed by atoms with Crippen molar-refractivity contribution in [3.8, 4) is 0 Å². The zero-order chi connectivity index (χ0) is 11.1. The minimum atomic E-state index is -3.06. The Bertz CT molecular complexity index is 324. The summed E-state index contributed by atoms with van der Waals surface area (Å²) in [6.07, 6.45) is 1.46. The average molecular weight is 234 g/mol. The van der Waals surface area contributed by atoms with Gasteiger partial charge < -0.3 is 10.5 Å². The van der Waals surface area contributed by atoms with E-state index in [0.29, 0.717) is 19.7 Å². The number of nitrogens with zero attached hydrogens (tertiary/aromatic N) is 1. The van der Waals surface area contributed by atoms with E-state index in [4.69, 9.17) is 10.5 Å². The second-order valence-corrected chi connectivity index (χ2v) is 6.58. The summed E-state index contributed by atoms with van der Waals surface area (Å²) < 4.78 is 30.9. The zero-order valence-corrected chi connectivity index (χ0v) is 9.74. The van der Waals surface area contributed by atoms with E-state index in [2.05, 4.69) is 0 Å². The first-order valence-corrected chi connectivity index (χ1v) is 6.88. The van der Waals surface area contributed by atoms with Gasteiger partial charge in [-0.05, 0) is 19.8 Å². The number of sulfonamides is 1. The molecular weight excluding hydrogens is 216 g/mol. The minimum Gasteiger partial charge on any atom is -0.374 e. The molecule has 0 bridgehead atoms. The molecule has 0 spiro atoms. The summed E-state index contributed by atoms with van der Waals surface area (Å²) in [4.78, 5) is 0. The van der Waals surface area contributed by atoms with E-state index >= 15 is 0 Å². The summed E-state index contributed by atoms with van der Waals surface area (Å²) in [6.45, 7) is 3.19. The normalized spacial score (nSPS) is 31.5. The van der Waals surface area contributed by atoms with Crippen molar-refractivity contribution in [1.82, 2.24) is 4.31 Å². The molecule has 2 atom stereocenters. The van der Waals surface area contributed by atoms with Crippen molar-refractivity contribution in [1.29, 1.82) is 0 Å². The molecule has 0 aromatic rings. The highest BCUT2D eigenvalue weighted by atomic mass is 32.2. The number of morpholine rings is 1. The van der Waals surface area contributed by atoms with Gasteiger partial charge in [-0.2, -0.15) is 4.31 Å². The van der Waals surface area contributed by atoms with Gasteiger partial charge in [0.1, 0.15) is 0 Å². The molecule has 1 saturated heterocycles. The molecule has 1 aliphatic carbocycles. The molecule has 2 N–H and O–H groups in total. The van der Waals surface area contributed by atoms with Crippen LogP contribution in [0.4, 0.5) is 0 Å². The lowest BCUT2D eigenvalue weighted by Crippen LogP contribution is -2.52. The van der Waals surface area contributed by atoms with Gasteiger partial charge in [-0.15, -0.1) is 0 Å². The van der Waals surface area contributed by atoms with Crippen molar-refractivity contribution in [3.63, 3.8) is 0 Å². The van der Waals surface area contributed by atoms with Crippen LogP contribution in [0.25, 0.3) is 0 Å². The van der Waals surface area contributed by atoms with E-state index in [1.54, 1.807) is 4.31 Å². The Morgan fingerprint density at radius 3 is 2.67 bits per heavy atom. The van der Waals surface area contributed by atoms with Crippen molar-refractivity contribution in [3.05, 3.63) is 0 Å². The lowest BCUT2D eigenvalue weighted by Gasteiger charge is -2.33. The molecule has 6 heteroatoms. The molecule has 2 rings (SSSR count). The van der Waals surface area contributed by atoms with Gasteiger partial charge >= 0.3 is 0 Å². The van der Waals surface area contributed by atoms with E-state index in [9.17, 15) is 8.42 Å². The molecule has 0 aromatic carbocycles. The molecule has 1 heterocycles. The fourth-order valence-electron chi connectivity index (χ4n) is 1.78. The van der Waals surface area contributed by atoms with Gasteiger partial charge in [-0.3, -0.25) is 0 Å². The Kier molecular flexibility index (Phi) is 3.03. The molecule has 1 saturated carbocycles. The number of hydrogen-bond donors (Lipinski definition) is 1. The zero-order valence-electron chi connectivity index (χ0n) is 8.93. The third kappa shape index (κ3) is 2.33. The highest BCUT2D eigenvalue weighted by Gasteiger charge is 2.42. The summed E-state index contributed by atoms with van der Waals surface area (Å²) in [5, 5.41) is -0.135. The van der Waals surface area contributed by atoms with Crippen LogP contribution < -0.4 is 5.73 Å². The minimum absolute atomic E-state index is 0.123. The molecule has 0 amide bonds. The molecule has 2 aliphatic rings. The van der Waals surface area contributed by atoms with Gasteiger partial charge in [-0.25, -0.2) is 8.42 Å². The summed E-state index contributed by atoms with van der Waals surface area (Å²) >= 11 is 0. The van der Waals surface area contributed by atoms with Gasteiger partial charge in [0.15, 0.2) is 0 Å². The van der Waals surface area contributed by atoms with Crippen LogP contribution in [0, 0.1) is 0 Å². The maximum absolute atomic E-state index is 11.9. The van der Waals surface area contributed by atoms with E-state index in [-0.39, 0.29) is 17.4 Å². The number of rotatable bonds is 3. The van der Waals surface area contributed by atoms with E-state index in [1.807, 2.05) is 6.92 Å². The third-order valence-corrected chi connectivity index (χ3v) is 5.31. The van der Waals surface area contributed by atoms with Crippen LogP contribution in [0.5, 0.6) is 0 Å². The lowest BCUT2D eigenvalue weighted by molar-refractivity contribution is -0.0120. The Morgan fingerprint density at radius 1 is 1.47 bits per heavy atom. The average Bonchev–Trinajstić information content (AvgIpc) is 3.01. The van der Waals surface area contributed by atoms with Crippen molar-refractivity contribution in [2.75, 3.05) is 19.7 Å². The summed E-state index contributed by atoms with van der Waals surface area (Å²) in [7, 11) is -3.06. The Balaban J connectivity index is 2.03. The predicted octanol–water partition coefficient (Wildman–Crippen LogP) is -0.473. The standard InChI is InChI=1S/C9H18N2O3S/c1-7(10)9-6-11(4-5-14-9)15(12,13)8-2-3-8/h7-9H,2-6,10H2,1H3. The van der Waals surface area contributed by atoms with Crippen molar-refractivity contribution >= 4 is 10.0 Å². The smallest absolute Gasteiger partial charge is 0.217 e. The van der Waals surface area contributed by atoms with Crippen LogP contribution in [0.2, 0.25) is 0 Å². The van der Waals surface area contributed by atoms with Crippen molar-refractivity contribution in [2.45, 2.75) is 37.2 Å². The summed E-state index contributed by atoms with van der Waals surface area (Å²) in [6, 6.07) is -0.123. The quantitative estimate of drug-likeness (QED) is 0.716. The predicted molar refractivity (Wildman–Crippen MR) is 56.9 cm³/mol. The topological polar surface area (TPSA) is 72.6 Å². The SMILES string of the molecule is CC(N)C1CN(S(=O)(=O)C2CC2)CCO1. The van der Waals surface area contributed by atoms with Crippen molar-refractivity contribution < 1.29 is 13.2 Å². The number of ether oxygens (including phenoxy) is 1. The van der Waals surface area contributed by atoms with Gasteiger partial charge in [-0.1, -0.05) is 0 Å². The monoisotopic (exact) mass is 234 g/mol. The van der Waals surface area contributed by atoms with E-state index in [0.717, 1.165) is 12.8 Å². The van der Waals surface area contributed by atoms with Crippen molar-refractivity contribution in [2.24, 2.45) is 5.73 Å². The first-order valence-electron chi connectivity index (χ1n) is 5.38. The molecule has 88 valence electrons. The van der Waals surface area contributed by atoms with Crippen LogP contribution in [-0.2, 0) is 14.8 Å². The molecule has 1 aliphatic heterocycles. The van der Waals surface area contributed by atoms with Crippen LogP contribution in [0.3, 0.4) is 0 Å². The van der Waals surface area contributed by atoms with Crippen LogP contribution >= 0.6 is 0 Å². The molecule has 2 fully saturated rings. The molecule has 0 radical (unpaired) electrons. The Morgan fingerprint density at radius 2 is 2.13 bits per heavy atom. The molecule has 15 heavy (non-hydrogen) atoms. The van der Waals surface area contributed by atoms with Crippen LogP contribution in [0.1, 0.15) is 19.8 Å². The second-order valence-electron chi connectivity index (χ2n) is 4.37. The molecule has 2 unspecified atom stereocenters. The van der Waals surface area contributed by atoms with Gasteiger partial charge in [0.2, 0.25) is 10.0 Å². The molecule has 5 nitrogen and oxygen atoms in total. The fourth-order valence-corrected chi connectivity index (χ4v) is 3.61. The largest absolute Gasteiger partial charge is 0.374 e. The van der Waals surface area contributed by atoms with Crippen LogP contribution in [0.15, 0.2) is 0 Å². The Labute approximate surface area is 90.6 Å². The van der Waals surface area contributed by atoms with E-state index in [1.165, 1.54) is 0 Å². The second kappa shape index (κ2) is 4.01. The van der Waals surface area contributed by atoms with Gasteiger partial charge in [0.25, 0.3) is 0 Å². The lowest BCUT2D eigenvalue weighted by atomic mass is 10.2. The maximum atomic E-state index is 11.9. The third-order valence-electron chi connectivity index (χ3n) is 2.95. The van der Waals surface area contributed by atoms with Gasteiger partial charge in [0, 0.05) is 19.1 Å². The highest BCUT2D eigenvalue weighted by molar-refractivity contribution is 7.90. The summed E-state index contributed by atoms with van der Waals surface area (Å²) in [5.74, 6) is 0. The summed E-state index contributed by atoms with van der Waals surface area (Å²) in [5.41, 5.74) is 5.72. The highest BCUT2D eigenvalue weighted by Crippen LogP contribution is 2.31. The molecule has 0 aromatic heterocycles.